The zero-order chi connectivity index (χ0) is 13.9. The van der Waals surface area contributed by atoms with Gasteiger partial charge in [0.05, 0.1) is 12.2 Å². The third-order valence-electron chi connectivity index (χ3n) is 3.35. The number of hydrogen-bond donors (Lipinski definition) is 1. The molecule has 20 heavy (non-hydrogen) atoms. The van der Waals surface area contributed by atoms with Crippen LogP contribution in [-0.4, -0.2) is 18.1 Å². The van der Waals surface area contributed by atoms with Crippen LogP contribution in [0.15, 0.2) is 34.1 Å². The Morgan fingerprint density at radius 2 is 2.30 bits per heavy atom. The molecule has 0 radical (unpaired) electrons. The van der Waals surface area contributed by atoms with Gasteiger partial charge in [-0.25, -0.2) is 4.98 Å². The molecular weight excluding hydrogens is 334 g/mol. The lowest BCUT2D eigenvalue weighted by molar-refractivity contribution is 0.673. The fraction of sp³-hybridized carbons (Fsp3) is 0.400. The van der Waals surface area contributed by atoms with Crippen LogP contribution < -0.4 is 10.2 Å². The van der Waals surface area contributed by atoms with E-state index in [4.69, 9.17) is 4.98 Å². The zero-order valence-corrected chi connectivity index (χ0v) is 13.9. The lowest BCUT2D eigenvalue weighted by Gasteiger charge is -2.18. The molecule has 0 saturated heterocycles. The molecule has 1 aliphatic rings. The second-order valence-electron chi connectivity index (χ2n) is 5.23. The first kappa shape index (κ1) is 14.0. The summed E-state index contributed by atoms with van der Waals surface area (Å²) in [6.45, 7) is 1.76. The van der Waals surface area contributed by atoms with E-state index in [1.165, 1.54) is 17.7 Å². The molecule has 2 aromatic heterocycles. The van der Waals surface area contributed by atoms with E-state index in [2.05, 4.69) is 62.8 Å². The number of nitrogens with one attached hydrogen (secondary N) is 1. The Morgan fingerprint density at radius 1 is 1.45 bits per heavy atom. The number of nitrogens with zero attached hydrogens (tertiary/aromatic N) is 2. The van der Waals surface area contributed by atoms with Crippen LogP contribution in [0.5, 0.6) is 0 Å². The second kappa shape index (κ2) is 6.24. The normalized spacial score (nSPS) is 14.5. The van der Waals surface area contributed by atoms with Gasteiger partial charge in [0.15, 0.2) is 0 Å². The molecule has 0 unspecified atom stereocenters. The number of aromatic nitrogens is 1. The van der Waals surface area contributed by atoms with Crippen LogP contribution in [0, 0.1) is 0 Å². The number of halogens is 1. The van der Waals surface area contributed by atoms with Crippen LogP contribution in [0.25, 0.3) is 0 Å². The van der Waals surface area contributed by atoms with E-state index >= 15 is 0 Å². The van der Waals surface area contributed by atoms with Crippen molar-refractivity contribution in [1.29, 1.82) is 0 Å². The van der Waals surface area contributed by atoms with Gasteiger partial charge in [0.1, 0.15) is 5.82 Å². The highest BCUT2D eigenvalue weighted by Crippen LogP contribution is 2.23. The summed E-state index contributed by atoms with van der Waals surface area (Å²) < 4.78 is 1.15. The number of rotatable bonds is 6. The van der Waals surface area contributed by atoms with Crippen molar-refractivity contribution in [1.82, 2.24) is 10.3 Å². The fourth-order valence-corrected chi connectivity index (χ4v) is 3.57. The summed E-state index contributed by atoms with van der Waals surface area (Å²) in [5.41, 5.74) is 1.12. The van der Waals surface area contributed by atoms with Crippen LogP contribution in [0.3, 0.4) is 0 Å². The molecule has 1 fully saturated rings. The minimum absolute atomic E-state index is 0.724. The maximum absolute atomic E-state index is 4.73. The number of thiophene rings is 1. The molecule has 1 saturated carbocycles. The molecule has 0 atom stereocenters. The van der Waals surface area contributed by atoms with E-state index < -0.39 is 0 Å². The van der Waals surface area contributed by atoms with Crippen LogP contribution >= 0.6 is 27.3 Å². The molecular formula is C15H18BrN3S. The van der Waals surface area contributed by atoms with Crippen molar-refractivity contribution in [3.63, 3.8) is 0 Å². The summed E-state index contributed by atoms with van der Waals surface area (Å²) in [4.78, 5) is 8.26. The third kappa shape index (κ3) is 3.81. The van der Waals surface area contributed by atoms with Gasteiger partial charge in [-0.05, 0) is 47.0 Å². The smallest absolute Gasteiger partial charge is 0.128 e. The van der Waals surface area contributed by atoms with Crippen molar-refractivity contribution >= 4 is 33.1 Å². The maximum Gasteiger partial charge on any atom is 0.128 e. The largest absolute Gasteiger partial charge is 0.355 e. The molecule has 1 aliphatic carbocycles. The number of hydrogen-bond acceptors (Lipinski definition) is 4. The highest BCUT2D eigenvalue weighted by molar-refractivity contribution is 9.10. The summed E-state index contributed by atoms with van der Waals surface area (Å²) >= 11 is 5.27. The Bertz CT molecular complexity index is 580. The average molecular weight is 352 g/mol. The summed E-state index contributed by atoms with van der Waals surface area (Å²) in [5.74, 6) is 1.03. The molecule has 0 aliphatic heterocycles. The highest BCUT2D eigenvalue weighted by atomic mass is 79.9. The van der Waals surface area contributed by atoms with Crippen LogP contribution in [0.4, 0.5) is 5.82 Å². The van der Waals surface area contributed by atoms with Gasteiger partial charge in [-0.3, -0.25) is 0 Å². The minimum atomic E-state index is 0.724. The van der Waals surface area contributed by atoms with E-state index in [1.54, 1.807) is 11.3 Å². The van der Waals surface area contributed by atoms with E-state index in [0.717, 1.165) is 35.1 Å². The van der Waals surface area contributed by atoms with Crippen molar-refractivity contribution in [2.24, 2.45) is 0 Å². The molecule has 3 rings (SSSR count). The topological polar surface area (TPSA) is 28.2 Å². The number of pyridine rings is 1. The number of anilines is 1. The molecule has 0 spiro atoms. The van der Waals surface area contributed by atoms with E-state index in [-0.39, 0.29) is 0 Å². The Hall–Kier alpha value is -0.910. The first-order valence-corrected chi connectivity index (χ1v) is 8.51. The first-order valence-electron chi connectivity index (χ1n) is 6.84. The maximum atomic E-state index is 4.73. The molecule has 5 heteroatoms. The van der Waals surface area contributed by atoms with Gasteiger partial charge in [0.25, 0.3) is 0 Å². The summed E-state index contributed by atoms with van der Waals surface area (Å²) in [7, 11) is 2.09. The first-order chi connectivity index (χ1) is 9.70. The fourth-order valence-electron chi connectivity index (χ4n) is 2.07. The van der Waals surface area contributed by atoms with Crippen molar-refractivity contribution < 1.29 is 0 Å². The van der Waals surface area contributed by atoms with Gasteiger partial charge >= 0.3 is 0 Å². The van der Waals surface area contributed by atoms with Crippen molar-refractivity contribution in [3.05, 3.63) is 44.7 Å². The molecule has 3 nitrogen and oxygen atoms in total. The average Bonchev–Trinajstić information content (AvgIpc) is 3.19. The molecule has 106 valence electrons. The highest BCUT2D eigenvalue weighted by Gasteiger charge is 2.20. The second-order valence-corrected chi connectivity index (χ2v) is 7.14. The predicted octanol–water partition coefficient (Wildman–Crippen LogP) is 3.79. The van der Waals surface area contributed by atoms with Crippen LogP contribution in [-0.2, 0) is 13.1 Å². The minimum Gasteiger partial charge on any atom is -0.355 e. The van der Waals surface area contributed by atoms with E-state index in [0.29, 0.717) is 0 Å². The third-order valence-corrected chi connectivity index (χ3v) is 5.03. The Kier molecular flexibility index (Phi) is 4.38. The molecule has 0 amide bonds. The molecule has 2 heterocycles. The quantitative estimate of drug-likeness (QED) is 0.857. The van der Waals surface area contributed by atoms with Gasteiger partial charge in [0, 0.05) is 34.4 Å². The Balaban J connectivity index is 1.63. The standard InChI is InChI=1S/C15H18BrN3S/c1-19(9-14-7-11(16)10-20-14)15-4-2-3-13(18-15)8-17-12-5-6-12/h2-4,7,10,12,17H,5-6,8-9H2,1H3. The van der Waals surface area contributed by atoms with Crippen molar-refractivity contribution in [2.45, 2.75) is 32.0 Å². The molecule has 2 aromatic rings. The van der Waals surface area contributed by atoms with Gasteiger partial charge in [-0.2, -0.15) is 0 Å². The summed E-state index contributed by atoms with van der Waals surface area (Å²) in [5, 5.41) is 5.62. The Morgan fingerprint density at radius 3 is 3.00 bits per heavy atom. The molecule has 0 bridgehead atoms. The Labute approximate surface area is 132 Å². The summed E-state index contributed by atoms with van der Waals surface area (Å²) in [6, 6.07) is 9.14. The predicted molar refractivity (Wildman–Crippen MR) is 88.2 cm³/mol. The van der Waals surface area contributed by atoms with Crippen LogP contribution in [0.1, 0.15) is 23.4 Å². The lowest BCUT2D eigenvalue weighted by Crippen LogP contribution is -2.20. The van der Waals surface area contributed by atoms with Gasteiger partial charge < -0.3 is 10.2 Å². The van der Waals surface area contributed by atoms with Crippen molar-refractivity contribution in [3.8, 4) is 0 Å². The van der Waals surface area contributed by atoms with E-state index in [1.807, 2.05) is 0 Å². The monoisotopic (exact) mass is 351 g/mol. The summed E-state index contributed by atoms with van der Waals surface area (Å²) in [6.07, 6.45) is 2.62. The van der Waals surface area contributed by atoms with Gasteiger partial charge in [-0.15, -0.1) is 11.3 Å². The SMILES string of the molecule is CN(Cc1cc(Br)cs1)c1cccc(CNC2CC2)n1. The van der Waals surface area contributed by atoms with Crippen LogP contribution in [0.2, 0.25) is 0 Å². The van der Waals surface area contributed by atoms with Gasteiger partial charge in [-0.1, -0.05) is 6.07 Å². The molecule has 1 N–H and O–H groups in total. The molecule has 0 aromatic carbocycles. The zero-order valence-electron chi connectivity index (χ0n) is 11.5. The van der Waals surface area contributed by atoms with Gasteiger partial charge in [0.2, 0.25) is 0 Å². The van der Waals surface area contributed by atoms with E-state index in [9.17, 15) is 0 Å². The lowest BCUT2D eigenvalue weighted by atomic mass is 10.3. The van der Waals surface area contributed by atoms with Crippen molar-refractivity contribution in [2.75, 3.05) is 11.9 Å².